The van der Waals surface area contributed by atoms with Gasteiger partial charge < -0.3 is 4.98 Å². The first-order valence-corrected chi connectivity index (χ1v) is 5.94. The van der Waals surface area contributed by atoms with E-state index in [1.807, 2.05) is 6.07 Å². The van der Waals surface area contributed by atoms with Crippen LogP contribution < -0.4 is 0 Å². The van der Waals surface area contributed by atoms with Crippen LogP contribution in [0.4, 0.5) is 5.69 Å². The van der Waals surface area contributed by atoms with Crippen LogP contribution in [-0.2, 0) is 5.75 Å². The highest BCUT2D eigenvalue weighted by molar-refractivity contribution is 7.98. The summed E-state index contributed by atoms with van der Waals surface area (Å²) in [4.78, 5) is 17.4. The Hall–Kier alpha value is -2.07. The van der Waals surface area contributed by atoms with Crippen LogP contribution in [0.15, 0.2) is 18.2 Å². The van der Waals surface area contributed by atoms with Crippen molar-refractivity contribution in [2.45, 2.75) is 5.75 Å². The van der Waals surface area contributed by atoms with Gasteiger partial charge in [0.1, 0.15) is 5.82 Å². The molecule has 1 heterocycles. The molecule has 1 aromatic carbocycles. The largest absolute Gasteiger partial charge is 0.341 e. The second kappa shape index (κ2) is 4.84. The van der Waals surface area contributed by atoms with E-state index in [4.69, 9.17) is 5.26 Å². The third kappa shape index (κ3) is 2.54. The number of hydrogen-bond donors (Lipinski definition) is 1. The van der Waals surface area contributed by atoms with Gasteiger partial charge in [0.25, 0.3) is 5.69 Å². The molecule has 0 aliphatic heterocycles. The number of fused-ring (bicyclic) bond motifs is 1. The Morgan fingerprint density at radius 2 is 2.41 bits per heavy atom. The van der Waals surface area contributed by atoms with E-state index in [1.54, 1.807) is 6.07 Å². The fraction of sp³-hybridized carbons (Fsp3) is 0.200. The molecule has 6 nitrogen and oxygen atoms in total. The summed E-state index contributed by atoms with van der Waals surface area (Å²) in [6.07, 6.45) is 0. The van der Waals surface area contributed by atoms with Crippen molar-refractivity contribution in [3.63, 3.8) is 0 Å². The number of nitrogens with zero attached hydrogens (tertiary/aromatic N) is 3. The molecular weight excluding hydrogens is 240 g/mol. The van der Waals surface area contributed by atoms with Gasteiger partial charge in [-0.2, -0.15) is 5.26 Å². The first-order valence-electron chi connectivity index (χ1n) is 4.78. The summed E-state index contributed by atoms with van der Waals surface area (Å²) in [5, 5.41) is 19.0. The summed E-state index contributed by atoms with van der Waals surface area (Å²) in [7, 11) is 0. The summed E-state index contributed by atoms with van der Waals surface area (Å²) in [5.74, 6) is 1.72. The number of non-ortho nitro benzene ring substituents is 1. The third-order valence-electron chi connectivity index (χ3n) is 2.13. The molecule has 7 heteroatoms. The number of aromatic amines is 1. The monoisotopic (exact) mass is 248 g/mol. The van der Waals surface area contributed by atoms with Crippen molar-refractivity contribution in [3.8, 4) is 6.07 Å². The molecule has 0 amide bonds. The number of imidazole rings is 1. The predicted molar refractivity (Wildman–Crippen MR) is 64.5 cm³/mol. The number of nitro groups is 1. The Kier molecular flexibility index (Phi) is 3.25. The Morgan fingerprint density at radius 3 is 3.12 bits per heavy atom. The zero-order chi connectivity index (χ0) is 12.3. The van der Waals surface area contributed by atoms with E-state index in [-0.39, 0.29) is 5.69 Å². The van der Waals surface area contributed by atoms with E-state index < -0.39 is 4.92 Å². The number of hydrogen-bond acceptors (Lipinski definition) is 5. The molecule has 0 bridgehead atoms. The SMILES string of the molecule is N#CCSCc1nc2ccc([N+](=O)[O-])cc2[nH]1. The van der Waals surface area contributed by atoms with Gasteiger partial charge in [-0.1, -0.05) is 0 Å². The molecule has 0 radical (unpaired) electrons. The molecule has 0 aliphatic carbocycles. The van der Waals surface area contributed by atoms with Gasteiger partial charge in [-0.25, -0.2) is 4.98 Å². The average Bonchev–Trinajstić information content (AvgIpc) is 2.70. The molecule has 0 aliphatic rings. The summed E-state index contributed by atoms with van der Waals surface area (Å²) in [6, 6.07) is 6.53. The van der Waals surface area contributed by atoms with Crippen molar-refractivity contribution in [1.82, 2.24) is 9.97 Å². The van der Waals surface area contributed by atoms with Gasteiger partial charge in [-0.15, -0.1) is 11.8 Å². The van der Waals surface area contributed by atoms with Gasteiger partial charge in [0.15, 0.2) is 0 Å². The van der Waals surface area contributed by atoms with Crippen molar-refractivity contribution in [1.29, 1.82) is 5.26 Å². The lowest BCUT2D eigenvalue weighted by atomic mass is 10.3. The number of nitro benzene ring substituents is 1. The van der Waals surface area contributed by atoms with Crippen molar-refractivity contribution in [2.75, 3.05) is 5.75 Å². The van der Waals surface area contributed by atoms with Crippen LogP contribution >= 0.6 is 11.8 Å². The Bertz CT molecular complexity index is 602. The van der Waals surface area contributed by atoms with E-state index in [2.05, 4.69) is 9.97 Å². The van der Waals surface area contributed by atoms with Gasteiger partial charge in [0, 0.05) is 12.1 Å². The van der Waals surface area contributed by atoms with Gasteiger partial charge in [-0.3, -0.25) is 10.1 Å². The number of nitrogens with one attached hydrogen (secondary N) is 1. The molecule has 0 fully saturated rings. The van der Waals surface area contributed by atoms with Crippen molar-refractivity contribution in [2.24, 2.45) is 0 Å². The molecule has 0 saturated heterocycles. The predicted octanol–water partition coefficient (Wildman–Crippen LogP) is 2.23. The second-order valence-corrected chi connectivity index (χ2v) is 4.28. The molecule has 1 N–H and O–H groups in total. The lowest BCUT2D eigenvalue weighted by Gasteiger charge is -1.90. The number of aromatic nitrogens is 2. The molecule has 0 spiro atoms. The maximum atomic E-state index is 10.6. The lowest BCUT2D eigenvalue weighted by Crippen LogP contribution is -1.86. The standard InChI is InChI=1S/C10H8N4O2S/c11-3-4-17-6-10-12-8-2-1-7(14(15)16)5-9(8)13-10/h1-2,5H,4,6H2,(H,12,13). The molecular formula is C10H8N4O2S. The summed E-state index contributed by atoms with van der Waals surface area (Å²) < 4.78 is 0. The topological polar surface area (TPSA) is 95.6 Å². The second-order valence-electron chi connectivity index (χ2n) is 3.29. The highest BCUT2D eigenvalue weighted by atomic mass is 32.2. The summed E-state index contributed by atoms with van der Waals surface area (Å²) >= 11 is 1.44. The summed E-state index contributed by atoms with van der Waals surface area (Å²) in [5.41, 5.74) is 1.38. The zero-order valence-electron chi connectivity index (χ0n) is 8.71. The lowest BCUT2D eigenvalue weighted by molar-refractivity contribution is -0.384. The maximum Gasteiger partial charge on any atom is 0.271 e. The quantitative estimate of drug-likeness (QED) is 0.508. The number of H-pyrrole nitrogens is 1. The Labute approximate surface area is 101 Å². The smallest absolute Gasteiger partial charge is 0.271 e. The molecule has 1 aromatic heterocycles. The first kappa shape index (κ1) is 11.4. The van der Waals surface area contributed by atoms with Crippen LogP contribution in [-0.4, -0.2) is 20.6 Å². The zero-order valence-corrected chi connectivity index (χ0v) is 9.53. The van der Waals surface area contributed by atoms with Gasteiger partial charge in [0.2, 0.25) is 0 Å². The first-order chi connectivity index (χ1) is 8.20. The van der Waals surface area contributed by atoms with Crippen molar-refractivity contribution < 1.29 is 4.92 Å². The Balaban J connectivity index is 2.25. The van der Waals surface area contributed by atoms with Crippen molar-refractivity contribution in [3.05, 3.63) is 34.1 Å². The van der Waals surface area contributed by atoms with E-state index in [9.17, 15) is 10.1 Å². The van der Waals surface area contributed by atoms with E-state index in [0.29, 0.717) is 22.5 Å². The molecule has 2 rings (SSSR count). The number of thioether (sulfide) groups is 1. The van der Waals surface area contributed by atoms with E-state index in [1.165, 1.54) is 23.9 Å². The number of nitriles is 1. The summed E-state index contributed by atoms with van der Waals surface area (Å²) in [6.45, 7) is 0. The highest BCUT2D eigenvalue weighted by Crippen LogP contribution is 2.20. The normalized spacial score (nSPS) is 10.3. The molecule has 2 aromatic rings. The average molecular weight is 248 g/mol. The number of benzene rings is 1. The fourth-order valence-corrected chi connectivity index (χ4v) is 1.95. The van der Waals surface area contributed by atoms with Gasteiger partial charge >= 0.3 is 0 Å². The minimum atomic E-state index is -0.440. The Morgan fingerprint density at radius 1 is 1.59 bits per heavy atom. The van der Waals surface area contributed by atoms with Crippen LogP contribution in [0.3, 0.4) is 0 Å². The maximum absolute atomic E-state index is 10.6. The van der Waals surface area contributed by atoms with Gasteiger partial charge in [-0.05, 0) is 6.07 Å². The van der Waals surface area contributed by atoms with Crippen LogP contribution in [0, 0.1) is 21.4 Å². The molecule has 17 heavy (non-hydrogen) atoms. The molecule has 0 saturated carbocycles. The van der Waals surface area contributed by atoms with Crippen molar-refractivity contribution >= 4 is 28.5 Å². The van der Waals surface area contributed by atoms with Gasteiger partial charge in [0.05, 0.1) is 33.5 Å². The third-order valence-corrected chi connectivity index (χ3v) is 2.94. The van der Waals surface area contributed by atoms with E-state index >= 15 is 0 Å². The molecule has 0 atom stereocenters. The molecule has 0 unspecified atom stereocenters. The fourth-order valence-electron chi connectivity index (χ4n) is 1.43. The molecule has 86 valence electrons. The van der Waals surface area contributed by atoms with Crippen LogP contribution in [0.1, 0.15) is 5.82 Å². The minimum absolute atomic E-state index is 0.0392. The van der Waals surface area contributed by atoms with Crippen LogP contribution in [0.25, 0.3) is 11.0 Å². The minimum Gasteiger partial charge on any atom is -0.341 e. The highest BCUT2D eigenvalue weighted by Gasteiger charge is 2.09. The van der Waals surface area contributed by atoms with E-state index in [0.717, 1.165) is 5.82 Å². The van der Waals surface area contributed by atoms with Crippen LogP contribution in [0.2, 0.25) is 0 Å². The number of rotatable bonds is 4. The van der Waals surface area contributed by atoms with Crippen LogP contribution in [0.5, 0.6) is 0 Å².